The summed E-state index contributed by atoms with van der Waals surface area (Å²) in [7, 11) is 1.37. The summed E-state index contributed by atoms with van der Waals surface area (Å²) in [5.41, 5.74) is 0.404. The number of ether oxygens (including phenoxy) is 1. The molecule has 0 aliphatic carbocycles. The minimum Gasteiger partial charge on any atom is -0.507 e. The molecule has 1 N–H and O–H groups in total. The maximum Gasteiger partial charge on any atom is 0.271 e. The average Bonchev–Trinajstić information content (AvgIpc) is 2.48. The summed E-state index contributed by atoms with van der Waals surface area (Å²) >= 11 is 11.9. The zero-order valence-corrected chi connectivity index (χ0v) is 12.8. The fourth-order valence-electron chi connectivity index (χ4n) is 1.70. The zero-order chi connectivity index (χ0) is 16.3. The Morgan fingerprint density at radius 3 is 2.59 bits per heavy atom. The average molecular weight is 341 g/mol. The number of halogens is 2. The summed E-state index contributed by atoms with van der Waals surface area (Å²) in [4.78, 5) is 14.3. The van der Waals surface area contributed by atoms with Gasteiger partial charge in [-0.1, -0.05) is 23.2 Å². The number of hydrogen-bond donors (Lipinski definition) is 1. The van der Waals surface area contributed by atoms with Crippen LogP contribution in [0.5, 0.6) is 5.75 Å². The minimum absolute atomic E-state index is 0.0666. The first kappa shape index (κ1) is 16.1. The van der Waals surface area contributed by atoms with Crippen LogP contribution in [0.25, 0.3) is 0 Å². The number of aromatic hydroxyl groups is 1. The van der Waals surface area contributed by atoms with E-state index in [0.717, 1.165) is 0 Å². The molecule has 0 amide bonds. The number of nitro benzene ring substituents is 1. The van der Waals surface area contributed by atoms with E-state index in [9.17, 15) is 15.2 Å². The third kappa shape index (κ3) is 3.47. The lowest BCUT2D eigenvalue weighted by molar-refractivity contribution is -0.384. The molecule has 2 aromatic carbocycles. The zero-order valence-electron chi connectivity index (χ0n) is 11.3. The van der Waals surface area contributed by atoms with Crippen LogP contribution in [0, 0.1) is 10.1 Å². The lowest BCUT2D eigenvalue weighted by Crippen LogP contribution is -2.03. The Bertz CT molecular complexity index is 763. The van der Waals surface area contributed by atoms with Crippen LogP contribution in [0.4, 0.5) is 11.4 Å². The van der Waals surface area contributed by atoms with E-state index in [2.05, 4.69) is 4.99 Å². The topological polar surface area (TPSA) is 85.0 Å². The first-order valence-corrected chi connectivity index (χ1v) is 6.73. The number of benzene rings is 2. The standard InChI is InChI=1S/C14H10Cl2N2O4/c1-22-14(10-6-8(15)2-5-13(10)19)17-12-4-3-9(18(20)21)7-11(12)16/h2-7,19H,1H3. The summed E-state index contributed by atoms with van der Waals surface area (Å²) < 4.78 is 5.15. The molecule has 0 saturated heterocycles. The molecule has 0 spiro atoms. The quantitative estimate of drug-likeness (QED) is 0.390. The largest absolute Gasteiger partial charge is 0.507 e. The van der Waals surface area contributed by atoms with Crippen LogP contribution in [0.3, 0.4) is 0 Å². The molecule has 0 radical (unpaired) electrons. The van der Waals surface area contributed by atoms with E-state index in [1.807, 2.05) is 0 Å². The molecule has 0 aliphatic heterocycles. The van der Waals surface area contributed by atoms with Gasteiger partial charge in [0.05, 0.1) is 28.3 Å². The number of rotatable bonds is 3. The van der Waals surface area contributed by atoms with E-state index in [1.165, 1.54) is 43.5 Å². The normalized spacial score (nSPS) is 11.3. The number of nitrogens with zero attached hydrogens (tertiary/aromatic N) is 2. The van der Waals surface area contributed by atoms with Crippen molar-refractivity contribution in [2.75, 3.05) is 7.11 Å². The van der Waals surface area contributed by atoms with Gasteiger partial charge in [-0.15, -0.1) is 0 Å². The molecule has 0 unspecified atom stereocenters. The molecule has 0 bridgehead atoms. The van der Waals surface area contributed by atoms with Crippen LogP contribution in [-0.2, 0) is 4.74 Å². The predicted octanol–water partition coefficient (Wildman–Crippen LogP) is 4.33. The molecule has 114 valence electrons. The Labute approximate surface area is 135 Å². The van der Waals surface area contributed by atoms with Crippen molar-refractivity contribution < 1.29 is 14.8 Å². The van der Waals surface area contributed by atoms with Gasteiger partial charge in [-0.2, -0.15) is 0 Å². The molecule has 8 heteroatoms. The van der Waals surface area contributed by atoms with Crippen molar-refractivity contribution in [2.45, 2.75) is 0 Å². The number of methoxy groups -OCH3 is 1. The number of non-ortho nitro benzene ring substituents is 1. The first-order chi connectivity index (χ1) is 10.4. The smallest absolute Gasteiger partial charge is 0.271 e. The lowest BCUT2D eigenvalue weighted by atomic mass is 10.2. The number of phenolic OH excluding ortho intramolecular Hbond substituents is 1. The molecule has 0 atom stereocenters. The molecule has 22 heavy (non-hydrogen) atoms. The van der Waals surface area contributed by atoms with E-state index in [0.29, 0.717) is 5.02 Å². The van der Waals surface area contributed by atoms with Crippen molar-refractivity contribution in [2.24, 2.45) is 4.99 Å². The summed E-state index contributed by atoms with van der Waals surface area (Å²) in [5, 5.41) is 21.0. The third-order valence-corrected chi connectivity index (χ3v) is 3.28. The molecule has 0 fully saturated rings. The van der Waals surface area contributed by atoms with Crippen molar-refractivity contribution in [1.82, 2.24) is 0 Å². The van der Waals surface area contributed by atoms with Crippen LogP contribution in [-0.4, -0.2) is 23.0 Å². The van der Waals surface area contributed by atoms with Gasteiger partial charge in [0.1, 0.15) is 5.75 Å². The Morgan fingerprint density at radius 2 is 2.00 bits per heavy atom. The highest BCUT2D eigenvalue weighted by molar-refractivity contribution is 6.33. The second kappa shape index (κ2) is 6.64. The van der Waals surface area contributed by atoms with Crippen LogP contribution < -0.4 is 0 Å². The molecule has 6 nitrogen and oxygen atoms in total. The van der Waals surface area contributed by atoms with Crippen molar-refractivity contribution in [3.8, 4) is 5.75 Å². The second-order valence-electron chi connectivity index (χ2n) is 4.18. The maximum atomic E-state index is 10.7. The van der Waals surface area contributed by atoms with Gasteiger partial charge in [0.2, 0.25) is 5.90 Å². The van der Waals surface area contributed by atoms with Crippen molar-refractivity contribution in [3.63, 3.8) is 0 Å². The van der Waals surface area contributed by atoms with Gasteiger partial charge in [0, 0.05) is 17.2 Å². The Kier molecular flexibility index (Phi) is 4.85. The monoisotopic (exact) mass is 340 g/mol. The highest BCUT2D eigenvalue weighted by Crippen LogP contribution is 2.31. The Hall–Kier alpha value is -2.31. The molecular formula is C14H10Cl2N2O4. The van der Waals surface area contributed by atoms with E-state index < -0.39 is 4.92 Å². The van der Waals surface area contributed by atoms with Gasteiger partial charge in [-0.05, 0) is 24.3 Å². The molecule has 2 aromatic rings. The summed E-state index contributed by atoms with van der Waals surface area (Å²) in [5.74, 6) is 0.0128. The molecular weight excluding hydrogens is 331 g/mol. The van der Waals surface area contributed by atoms with Crippen LogP contribution in [0.15, 0.2) is 41.4 Å². The third-order valence-electron chi connectivity index (χ3n) is 2.75. The van der Waals surface area contributed by atoms with Crippen molar-refractivity contribution in [1.29, 1.82) is 0 Å². The first-order valence-electron chi connectivity index (χ1n) is 5.98. The van der Waals surface area contributed by atoms with Crippen LogP contribution in [0.2, 0.25) is 10.0 Å². The van der Waals surface area contributed by atoms with Crippen molar-refractivity contribution in [3.05, 3.63) is 62.1 Å². The number of aliphatic imine (C=N–C) groups is 1. The highest BCUT2D eigenvalue weighted by Gasteiger charge is 2.13. The van der Waals surface area contributed by atoms with E-state index in [1.54, 1.807) is 0 Å². The van der Waals surface area contributed by atoms with E-state index in [4.69, 9.17) is 27.9 Å². The fourth-order valence-corrected chi connectivity index (χ4v) is 2.09. The Balaban J connectivity index is 2.49. The van der Waals surface area contributed by atoms with Gasteiger partial charge >= 0.3 is 0 Å². The van der Waals surface area contributed by atoms with Crippen LogP contribution >= 0.6 is 23.2 Å². The maximum absolute atomic E-state index is 10.7. The summed E-state index contributed by atoms with van der Waals surface area (Å²) in [6, 6.07) is 8.26. The summed E-state index contributed by atoms with van der Waals surface area (Å²) in [6.07, 6.45) is 0. The van der Waals surface area contributed by atoms with Gasteiger partial charge in [0.15, 0.2) is 0 Å². The van der Waals surface area contributed by atoms with Gasteiger partial charge in [-0.25, -0.2) is 4.99 Å². The van der Waals surface area contributed by atoms with E-state index in [-0.39, 0.29) is 33.6 Å². The lowest BCUT2D eigenvalue weighted by Gasteiger charge is -2.08. The SMILES string of the molecule is COC(=Nc1ccc([N+](=O)[O-])cc1Cl)c1cc(Cl)ccc1O. The molecule has 0 saturated carbocycles. The number of hydrogen-bond acceptors (Lipinski definition) is 5. The predicted molar refractivity (Wildman–Crippen MR) is 84.4 cm³/mol. The minimum atomic E-state index is -0.556. The van der Waals surface area contributed by atoms with Gasteiger partial charge < -0.3 is 9.84 Å². The number of phenols is 1. The van der Waals surface area contributed by atoms with E-state index >= 15 is 0 Å². The summed E-state index contributed by atoms with van der Waals surface area (Å²) in [6.45, 7) is 0. The Morgan fingerprint density at radius 1 is 1.27 bits per heavy atom. The second-order valence-corrected chi connectivity index (χ2v) is 5.02. The highest BCUT2D eigenvalue weighted by atomic mass is 35.5. The molecule has 2 rings (SSSR count). The van der Waals surface area contributed by atoms with Gasteiger partial charge in [0.25, 0.3) is 5.69 Å². The fraction of sp³-hybridized carbons (Fsp3) is 0.0714. The van der Waals surface area contributed by atoms with Crippen molar-refractivity contribution >= 4 is 40.5 Å². The molecule has 0 aromatic heterocycles. The van der Waals surface area contributed by atoms with Gasteiger partial charge in [-0.3, -0.25) is 10.1 Å². The molecule has 0 heterocycles. The molecule has 0 aliphatic rings. The number of nitro groups is 1. The van der Waals surface area contributed by atoms with Crippen LogP contribution in [0.1, 0.15) is 5.56 Å².